The second-order valence-electron chi connectivity index (χ2n) is 5.66. The fraction of sp³-hybridized carbons (Fsp3) is 0.929. The molecule has 102 valence electrons. The molecular weight excluding hydrogens is 214 g/mol. The Balaban J connectivity index is 3.22. The summed E-state index contributed by atoms with van der Waals surface area (Å²) >= 11 is 0. The van der Waals surface area contributed by atoms with Gasteiger partial charge in [-0.2, -0.15) is 0 Å². The second kappa shape index (κ2) is 9.60. The van der Waals surface area contributed by atoms with Crippen LogP contribution < -0.4 is 5.73 Å². The highest BCUT2D eigenvalue weighted by Gasteiger charge is 2.14. The quantitative estimate of drug-likeness (QED) is 0.433. The van der Waals surface area contributed by atoms with Crippen molar-refractivity contribution in [3.8, 4) is 0 Å². The number of carbonyl (C=O) groups excluding carboxylic acids is 1. The lowest BCUT2D eigenvalue weighted by molar-refractivity contribution is -0.115. The number of hydrogen-bond donors (Lipinski definition) is 2. The average Bonchev–Trinajstić information content (AvgIpc) is 2.32. The Morgan fingerprint density at radius 2 is 1.65 bits per heavy atom. The van der Waals surface area contributed by atoms with E-state index in [1.165, 1.54) is 25.7 Å². The van der Waals surface area contributed by atoms with E-state index >= 15 is 0 Å². The third-order valence-corrected chi connectivity index (χ3v) is 3.20. The van der Waals surface area contributed by atoms with E-state index in [-0.39, 0.29) is 11.5 Å². The van der Waals surface area contributed by atoms with Gasteiger partial charge < -0.3 is 15.6 Å². The van der Waals surface area contributed by atoms with Crippen LogP contribution in [-0.4, -0.2) is 24.0 Å². The van der Waals surface area contributed by atoms with Gasteiger partial charge in [0.15, 0.2) is 0 Å². The molecule has 0 rings (SSSR count). The van der Waals surface area contributed by atoms with Crippen molar-refractivity contribution in [1.29, 1.82) is 0 Å². The van der Waals surface area contributed by atoms with Crippen molar-refractivity contribution in [2.24, 2.45) is 11.1 Å². The monoisotopic (exact) mass is 243 g/mol. The van der Waals surface area contributed by atoms with Gasteiger partial charge in [-0.15, -0.1) is 0 Å². The lowest BCUT2D eigenvalue weighted by Gasteiger charge is -2.15. The van der Waals surface area contributed by atoms with Crippen LogP contribution in [0.25, 0.3) is 0 Å². The first kappa shape index (κ1) is 16.6. The molecule has 0 amide bonds. The van der Waals surface area contributed by atoms with Crippen molar-refractivity contribution in [3.05, 3.63) is 0 Å². The summed E-state index contributed by atoms with van der Waals surface area (Å²) in [6.45, 7) is 4.36. The number of rotatable bonds is 11. The van der Waals surface area contributed by atoms with E-state index < -0.39 is 0 Å². The maximum Gasteiger partial charge on any atom is 0.125 e. The third-order valence-electron chi connectivity index (χ3n) is 3.20. The molecule has 0 bridgehead atoms. The number of carbonyl (C=O) groups is 1. The Bertz CT molecular complexity index is 193. The summed E-state index contributed by atoms with van der Waals surface area (Å²) in [5.74, 6) is 0. The Morgan fingerprint density at radius 3 is 2.18 bits per heavy atom. The standard InChI is InChI=1S/C14H29NO2/c1-14(2,12-16)10-8-6-4-3-5-7-9-13(17)11-15/h12-13,17H,3-11,15H2,1-2H3. The summed E-state index contributed by atoms with van der Waals surface area (Å²) in [7, 11) is 0. The minimum atomic E-state index is -0.316. The van der Waals surface area contributed by atoms with Crippen molar-refractivity contribution in [1.82, 2.24) is 0 Å². The molecule has 0 aliphatic rings. The highest BCUT2D eigenvalue weighted by Crippen LogP contribution is 2.21. The van der Waals surface area contributed by atoms with E-state index in [1.807, 2.05) is 13.8 Å². The summed E-state index contributed by atoms with van der Waals surface area (Å²) in [6, 6.07) is 0. The molecule has 17 heavy (non-hydrogen) atoms. The average molecular weight is 243 g/mol. The van der Waals surface area contributed by atoms with E-state index in [9.17, 15) is 9.90 Å². The minimum absolute atomic E-state index is 0.148. The zero-order chi connectivity index (χ0) is 13.1. The molecule has 0 heterocycles. The first-order chi connectivity index (χ1) is 8.02. The third kappa shape index (κ3) is 10.5. The van der Waals surface area contributed by atoms with Crippen molar-refractivity contribution < 1.29 is 9.90 Å². The van der Waals surface area contributed by atoms with E-state index in [0.29, 0.717) is 6.54 Å². The number of hydrogen-bond acceptors (Lipinski definition) is 3. The maximum atomic E-state index is 10.7. The Hall–Kier alpha value is -0.410. The van der Waals surface area contributed by atoms with Crippen molar-refractivity contribution >= 4 is 6.29 Å². The molecule has 0 aromatic carbocycles. The predicted molar refractivity (Wildman–Crippen MR) is 71.8 cm³/mol. The maximum absolute atomic E-state index is 10.7. The van der Waals surface area contributed by atoms with Crippen LogP contribution in [0, 0.1) is 5.41 Å². The van der Waals surface area contributed by atoms with Gasteiger partial charge in [-0.25, -0.2) is 0 Å². The molecule has 1 unspecified atom stereocenters. The van der Waals surface area contributed by atoms with Gasteiger partial charge in [-0.1, -0.05) is 52.4 Å². The molecule has 0 aliphatic heterocycles. The molecule has 0 radical (unpaired) electrons. The summed E-state index contributed by atoms with van der Waals surface area (Å²) in [6.07, 6.45) is 9.59. The molecule has 0 saturated carbocycles. The van der Waals surface area contributed by atoms with Crippen LogP contribution in [0.3, 0.4) is 0 Å². The van der Waals surface area contributed by atoms with Gasteiger partial charge in [0.05, 0.1) is 6.10 Å². The molecule has 0 spiro atoms. The molecule has 0 aliphatic carbocycles. The molecule has 3 heteroatoms. The zero-order valence-electron chi connectivity index (χ0n) is 11.5. The van der Waals surface area contributed by atoms with Gasteiger partial charge in [-0.3, -0.25) is 0 Å². The molecule has 3 nitrogen and oxygen atoms in total. The van der Waals surface area contributed by atoms with E-state index in [0.717, 1.165) is 32.0 Å². The molecular formula is C14H29NO2. The molecule has 0 fully saturated rings. The number of aliphatic hydroxyl groups excluding tert-OH is 1. The largest absolute Gasteiger partial charge is 0.392 e. The van der Waals surface area contributed by atoms with Crippen LogP contribution in [0.4, 0.5) is 0 Å². The Labute approximate surface area is 106 Å². The van der Waals surface area contributed by atoms with Gasteiger partial charge in [-0.05, 0) is 12.8 Å². The fourth-order valence-corrected chi connectivity index (χ4v) is 1.84. The number of unbranched alkanes of at least 4 members (excludes halogenated alkanes) is 5. The van der Waals surface area contributed by atoms with Gasteiger partial charge >= 0.3 is 0 Å². The molecule has 0 aromatic rings. The van der Waals surface area contributed by atoms with Crippen LogP contribution in [0.5, 0.6) is 0 Å². The van der Waals surface area contributed by atoms with Crippen LogP contribution in [0.15, 0.2) is 0 Å². The molecule has 0 aromatic heterocycles. The van der Waals surface area contributed by atoms with Crippen LogP contribution in [-0.2, 0) is 4.79 Å². The van der Waals surface area contributed by atoms with Gasteiger partial charge in [0, 0.05) is 12.0 Å². The van der Waals surface area contributed by atoms with Crippen molar-refractivity contribution in [2.45, 2.75) is 71.3 Å². The minimum Gasteiger partial charge on any atom is -0.392 e. The number of aldehydes is 1. The highest BCUT2D eigenvalue weighted by atomic mass is 16.3. The van der Waals surface area contributed by atoms with Gasteiger partial charge in [0.1, 0.15) is 6.29 Å². The fourth-order valence-electron chi connectivity index (χ4n) is 1.84. The Kier molecular flexibility index (Phi) is 9.37. The highest BCUT2D eigenvalue weighted by molar-refractivity contribution is 5.57. The zero-order valence-corrected chi connectivity index (χ0v) is 11.5. The predicted octanol–water partition coefficient (Wildman–Crippen LogP) is 2.65. The van der Waals surface area contributed by atoms with Gasteiger partial charge in [0.25, 0.3) is 0 Å². The smallest absolute Gasteiger partial charge is 0.125 e. The van der Waals surface area contributed by atoms with E-state index in [1.54, 1.807) is 0 Å². The normalized spacial score (nSPS) is 13.6. The van der Waals surface area contributed by atoms with Crippen molar-refractivity contribution in [2.75, 3.05) is 6.54 Å². The van der Waals surface area contributed by atoms with Crippen molar-refractivity contribution in [3.63, 3.8) is 0 Å². The summed E-state index contributed by atoms with van der Waals surface area (Å²) in [5, 5.41) is 9.26. The van der Waals surface area contributed by atoms with Crippen LogP contribution in [0.1, 0.15) is 65.2 Å². The summed E-state index contributed by atoms with van der Waals surface area (Å²) in [5.41, 5.74) is 5.18. The molecule has 1 atom stereocenters. The van der Waals surface area contributed by atoms with E-state index in [4.69, 9.17) is 5.73 Å². The Morgan fingerprint density at radius 1 is 1.12 bits per heavy atom. The topological polar surface area (TPSA) is 63.3 Å². The first-order valence-corrected chi connectivity index (χ1v) is 6.86. The molecule has 3 N–H and O–H groups in total. The lowest BCUT2D eigenvalue weighted by Crippen LogP contribution is -2.19. The molecule has 0 saturated heterocycles. The first-order valence-electron chi connectivity index (χ1n) is 6.86. The second-order valence-corrected chi connectivity index (χ2v) is 5.66. The summed E-state index contributed by atoms with van der Waals surface area (Å²) in [4.78, 5) is 10.7. The number of nitrogens with two attached hydrogens (primary N) is 1. The SMILES string of the molecule is CC(C)(C=O)CCCCCCCCC(O)CN. The van der Waals surface area contributed by atoms with Gasteiger partial charge in [0.2, 0.25) is 0 Å². The number of aliphatic hydroxyl groups is 1. The van der Waals surface area contributed by atoms with Crippen LogP contribution in [0.2, 0.25) is 0 Å². The lowest BCUT2D eigenvalue weighted by atomic mass is 9.88. The van der Waals surface area contributed by atoms with E-state index in [2.05, 4.69) is 0 Å². The summed E-state index contributed by atoms with van der Waals surface area (Å²) < 4.78 is 0. The van der Waals surface area contributed by atoms with Crippen LogP contribution >= 0.6 is 0 Å².